The topological polar surface area (TPSA) is 96.3 Å². The lowest BCUT2D eigenvalue weighted by molar-refractivity contribution is -0.384. The number of rotatable bonds is 5. The molecule has 1 atom stereocenters. The van der Waals surface area contributed by atoms with Gasteiger partial charge in [0.05, 0.1) is 11.0 Å². The first-order valence-corrected chi connectivity index (χ1v) is 7.08. The molecule has 1 saturated heterocycles. The third-order valence-electron chi connectivity index (χ3n) is 3.62. The quantitative estimate of drug-likeness (QED) is 0.563. The van der Waals surface area contributed by atoms with Crippen LogP contribution in [0, 0.1) is 10.1 Å². The molecule has 0 bridgehead atoms. The molecule has 0 aromatic heterocycles. The standard InChI is InChI=1S/C14H20N4O3/c1-15-11-6-5-10(8-13(11)18(20)21)9-17-12-4-2-3-7-16-14(12)19/h5-6,8,12,15,17H,2-4,7,9H2,1H3,(H,16,19)/t12-/m1/s1. The summed E-state index contributed by atoms with van der Waals surface area (Å²) in [7, 11) is 1.65. The molecule has 0 aliphatic carbocycles. The summed E-state index contributed by atoms with van der Waals surface area (Å²) in [6.45, 7) is 1.16. The van der Waals surface area contributed by atoms with Crippen LogP contribution in [0.25, 0.3) is 0 Å². The molecule has 1 amide bonds. The van der Waals surface area contributed by atoms with Crippen molar-refractivity contribution in [1.82, 2.24) is 10.6 Å². The van der Waals surface area contributed by atoms with E-state index in [4.69, 9.17) is 0 Å². The Labute approximate surface area is 123 Å². The minimum atomic E-state index is -0.409. The number of carbonyl (C=O) groups excluding carboxylic acids is 1. The number of benzene rings is 1. The predicted molar refractivity (Wildman–Crippen MR) is 80.1 cm³/mol. The number of anilines is 1. The van der Waals surface area contributed by atoms with Crippen LogP contribution < -0.4 is 16.0 Å². The Kier molecular flexibility index (Phi) is 5.10. The molecule has 7 nitrogen and oxygen atoms in total. The lowest BCUT2D eigenvalue weighted by atomic mass is 10.1. The zero-order valence-electron chi connectivity index (χ0n) is 12.0. The van der Waals surface area contributed by atoms with Crippen LogP contribution in [-0.2, 0) is 11.3 Å². The highest BCUT2D eigenvalue weighted by Crippen LogP contribution is 2.25. The predicted octanol–water partition coefficient (Wildman–Crippen LogP) is 1.39. The van der Waals surface area contributed by atoms with Crippen LogP contribution in [0.2, 0.25) is 0 Å². The van der Waals surface area contributed by atoms with E-state index >= 15 is 0 Å². The van der Waals surface area contributed by atoms with Crippen molar-refractivity contribution in [1.29, 1.82) is 0 Å². The zero-order valence-corrected chi connectivity index (χ0v) is 12.0. The molecule has 114 valence electrons. The van der Waals surface area contributed by atoms with Crippen molar-refractivity contribution in [2.24, 2.45) is 0 Å². The number of nitrogens with zero attached hydrogens (tertiary/aromatic N) is 1. The summed E-state index contributed by atoms with van der Waals surface area (Å²) < 4.78 is 0. The summed E-state index contributed by atoms with van der Waals surface area (Å²) in [5.41, 5.74) is 1.32. The summed E-state index contributed by atoms with van der Waals surface area (Å²) in [6.07, 6.45) is 2.78. The van der Waals surface area contributed by atoms with E-state index in [1.54, 1.807) is 13.1 Å². The highest BCUT2D eigenvalue weighted by molar-refractivity contribution is 5.81. The molecule has 7 heteroatoms. The smallest absolute Gasteiger partial charge is 0.292 e. The summed E-state index contributed by atoms with van der Waals surface area (Å²) in [5.74, 6) is 0.00819. The number of nitro benzene ring substituents is 1. The molecule has 1 heterocycles. The van der Waals surface area contributed by atoms with Gasteiger partial charge >= 0.3 is 0 Å². The largest absolute Gasteiger partial charge is 0.383 e. The first-order chi connectivity index (χ1) is 10.1. The summed E-state index contributed by atoms with van der Waals surface area (Å²) in [4.78, 5) is 22.4. The van der Waals surface area contributed by atoms with E-state index in [0.29, 0.717) is 12.2 Å². The second-order valence-electron chi connectivity index (χ2n) is 5.08. The number of carbonyl (C=O) groups is 1. The van der Waals surface area contributed by atoms with Crippen LogP contribution in [0.5, 0.6) is 0 Å². The summed E-state index contributed by atoms with van der Waals surface area (Å²) >= 11 is 0. The average Bonchev–Trinajstić information content (AvgIpc) is 2.69. The van der Waals surface area contributed by atoms with Gasteiger partial charge in [-0.1, -0.05) is 6.07 Å². The molecule has 1 aliphatic rings. The fourth-order valence-electron chi connectivity index (χ4n) is 2.42. The van der Waals surface area contributed by atoms with E-state index in [2.05, 4.69) is 16.0 Å². The maximum Gasteiger partial charge on any atom is 0.292 e. The van der Waals surface area contributed by atoms with Gasteiger partial charge in [-0.25, -0.2) is 0 Å². The van der Waals surface area contributed by atoms with Crippen molar-refractivity contribution in [2.45, 2.75) is 31.8 Å². The monoisotopic (exact) mass is 292 g/mol. The van der Waals surface area contributed by atoms with E-state index in [0.717, 1.165) is 31.4 Å². The van der Waals surface area contributed by atoms with Gasteiger partial charge in [0.1, 0.15) is 5.69 Å². The molecule has 0 radical (unpaired) electrons. The van der Waals surface area contributed by atoms with Crippen LogP contribution in [-0.4, -0.2) is 30.5 Å². The molecule has 3 N–H and O–H groups in total. The number of nitrogens with one attached hydrogen (secondary N) is 3. The van der Waals surface area contributed by atoms with Crippen LogP contribution in [0.15, 0.2) is 18.2 Å². The van der Waals surface area contributed by atoms with Gasteiger partial charge in [0.2, 0.25) is 5.91 Å². The molecular formula is C14H20N4O3. The number of amides is 1. The Morgan fingerprint density at radius 3 is 2.95 bits per heavy atom. The third kappa shape index (κ3) is 3.91. The van der Waals surface area contributed by atoms with Crippen molar-refractivity contribution >= 4 is 17.3 Å². The van der Waals surface area contributed by atoms with E-state index in [1.165, 1.54) is 6.07 Å². The lowest BCUT2D eigenvalue weighted by Crippen LogP contribution is -2.42. The first-order valence-electron chi connectivity index (χ1n) is 7.08. The Bertz CT molecular complexity index is 533. The molecule has 21 heavy (non-hydrogen) atoms. The van der Waals surface area contributed by atoms with Gasteiger partial charge in [-0.2, -0.15) is 0 Å². The Morgan fingerprint density at radius 1 is 1.43 bits per heavy atom. The van der Waals surface area contributed by atoms with E-state index in [9.17, 15) is 14.9 Å². The minimum Gasteiger partial charge on any atom is -0.383 e. The van der Waals surface area contributed by atoms with Gasteiger partial charge in [0.25, 0.3) is 5.69 Å². The molecule has 0 spiro atoms. The molecule has 2 rings (SSSR count). The first kappa shape index (κ1) is 15.2. The maximum atomic E-state index is 11.8. The Balaban J connectivity index is 2.04. The SMILES string of the molecule is CNc1ccc(CN[C@@H]2CCCCNC2=O)cc1[N+](=O)[O-]. The number of hydrogen-bond acceptors (Lipinski definition) is 5. The number of hydrogen-bond donors (Lipinski definition) is 3. The van der Waals surface area contributed by atoms with Gasteiger partial charge in [-0.3, -0.25) is 14.9 Å². The molecule has 1 aromatic carbocycles. The van der Waals surface area contributed by atoms with Crippen molar-refractivity contribution in [2.75, 3.05) is 18.9 Å². The van der Waals surface area contributed by atoms with Gasteiger partial charge in [0, 0.05) is 26.2 Å². The van der Waals surface area contributed by atoms with E-state index in [1.807, 2.05) is 6.07 Å². The maximum absolute atomic E-state index is 11.8. The van der Waals surface area contributed by atoms with Crippen molar-refractivity contribution in [3.63, 3.8) is 0 Å². The van der Waals surface area contributed by atoms with Crippen LogP contribution in [0.1, 0.15) is 24.8 Å². The van der Waals surface area contributed by atoms with Crippen LogP contribution in [0.4, 0.5) is 11.4 Å². The molecule has 1 fully saturated rings. The second-order valence-corrected chi connectivity index (χ2v) is 5.08. The van der Waals surface area contributed by atoms with E-state index in [-0.39, 0.29) is 17.6 Å². The molecule has 0 saturated carbocycles. The minimum absolute atomic E-state index is 0.00819. The molecule has 1 aliphatic heterocycles. The fourth-order valence-corrected chi connectivity index (χ4v) is 2.42. The highest BCUT2D eigenvalue weighted by Gasteiger charge is 2.20. The summed E-state index contributed by atoms with van der Waals surface area (Å²) in [6, 6.07) is 4.81. The third-order valence-corrected chi connectivity index (χ3v) is 3.62. The van der Waals surface area contributed by atoms with Crippen molar-refractivity contribution in [3.8, 4) is 0 Å². The van der Waals surface area contributed by atoms with E-state index < -0.39 is 4.92 Å². The van der Waals surface area contributed by atoms with Gasteiger partial charge in [-0.05, 0) is 30.9 Å². The lowest BCUT2D eigenvalue weighted by Gasteiger charge is -2.15. The number of nitro groups is 1. The van der Waals surface area contributed by atoms with Crippen molar-refractivity contribution < 1.29 is 9.72 Å². The van der Waals surface area contributed by atoms with Crippen LogP contribution in [0.3, 0.4) is 0 Å². The molecule has 0 unspecified atom stereocenters. The van der Waals surface area contributed by atoms with Crippen molar-refractivity contribution in [3.05, 3.63) is 33.9 Å². The van der Waals surface area contributed by atoms with Gasteiger partial charge < -0.3 is 16.0 Å². The fraction of sp³-hybridized carbons (Fsp3) is 0.500. The average molecular weight is 292 g/mol. The molecular weight excluding hydrogens is 272 g/mol. The normalized spacial score (nSPS) is 18.7. The highest BCUT2D eigenvalue weighted by atomic mass is 16.6. The summed E-state index contributed by atoms with van der Waals surface area (Å²) in [5, 5.41) is 19.9. The molecule has 1 aromatic rings. The Hall–Kier alpha value is -2.15. The zero-order chi connectivity index (χ0) is 15.2. The van der Waals surface area contributed by atoms with Crippen LogP contribution >= 0.6 is 0 Å². The van der Waals surface area contributed by atoms with Gasteiger partial charge in [-0.15, -0.1) is 0 Å². The second kappa shape index (κ2) is 7.03. The van der Waals surface area contributed by atoms with Gasteiger partial charge in [0.15, 0.2) is 0 Å². The Morgan fingerprint density at radius 2 is 2.24 bits per heavy atom.